The highest BCUT2D eigenvalue weighted by Gasteiger charge is 2.04. The quantitative estimate of drug-likeness (QED) is 0.906. The van der Waals surface area contributed by atoms with E-state index in [0.29, 0.717) is 6.42 Å². The van der Waals surface area contributed by atoms with Gasteiger partial charge in [0, 0.05) is 27.5 Å². The van der Waals surface area contributed by atoms with E-state index in [9.17, 15) is 4.79 Å². The number of Topliss-reactive ketones (excluding diaryl/α,β-unsaturated/α-hetero) is 1. The Labute approximate surface area is 96.8 Å². The summed E-state index contributed by atoms with van der Waals surface area (Å²) in [7, 11) is 0. The molecule has 0 saturated carbocycles. The molecule has 0 amide bonds. The summed E-state index contributed by atoms with van der Waals surface area (Å²) in [5, 5.41) is 1.18. The topological polar surface area (TPSA) is 32.9 Å². The van der Waals surface area contributed by atoms with Gasteiger partial charge in [0.2, 0.25) is 0 Å². The molecule has 0 unspecified atom stereocenters. The number of ketones is 1. The zero-order valence-electron chi connectivity index (χ0n) is 8.51. The summed E-state index contributed by atoms with van der Waals surface area (Å²) < 4.78 is 1.09. The zero-order chi connectivity index (χ0) is 10.8. The Morgan fingerprint density at radius 2 is 2.27 bits per heavy atom. The molecule has 2 nitrogen and oxygen atoms in total. The molecule has 2 rings (SSSR count). The normalized spacial score (nSPS) is 10.8. The van der Waals surface area contributed by atoms with Gasteiger partial charge in [-0.2, -0.15) is 0 Å². The molecular formula is C12H12BrNO. The zero-order valence-corrected chi connectivity index (χ0v) is 10.1. The molecule has 0 aliphatic carbocycles. The Hall–Kier alpha value is -1.09. The van der Waals surface area contributed by atoms with Gasteiger partial charge in [0.25, 0.3) is 0 Å². The van der Waals surface area contributed by atoms with E-state index in [2.05, 4.69) is 27.0 Å². The maximum absolute atomic E-state index is 10.9. The van der Waals surface area contributed by atoms with Crippen molar-refractivity contribution in [3.8, 4) is 0 Å². The van der Waals surface area contributed by atoms with E-state index in [1.807, 2.05) is 18.2 Å². The lowest BCUT2D eigenvalue weighted by Crippen LogP contribution is -1.93. The summed E-state index contributed by atoms with van der Waals surface area (Å²) in [5.41, 5.74) is 2.23. The number of carbonyl (C=O) groups excluding carboxylic acids is 1. The SMILES string of the molecule is CC(=O)CCc1cc2c(Br)cccc2[nH]1. The van der Waals surface area contributed by atoms with Gasteiger partial charge >= 0.3 is 0 Å². The minimum atomic E-state index is 0.229. The van der Waals surface area contributed by atoms with E-state index < -0.39 is 0 Å². The molecule has 0 spiro atoms. The lowest BCUT2D eigenvalue weighted by atomic mass is 10.2. The van der Waals surface area contributed by atoms with Crippen molar-refractivity contribution in [1.82, 2.24) is 4.98 Å². The molecule has 78 valence electrons. The Balaban J connectivity index is 2.31. The Morgan fingerprint density at radius 1 is 1.47 bits per heavy atom. The van der Waals surface area contributed by atoms with Crippen LogP contribution < -0.4 is 0 Å². The standard InChI is InChI=1S/C12H12BrNO/c1-8(15)5-6-9-7-10-11(13)3-2-4-12(10)14-9/h2-4,7,14H,5-6H2,1H3. The molecule has 1 N–H and O–H groups in total. The molecule has 15 heavy (non-hydrogen) atoms. The van der Waals surface area contributed by atoms with Crippen molar-refractivity contribution in [1.29, 1.82) is 0 Å². The van der Waals surface area contributed by atoms with Crippen molar-refractivity contribution in [2.24, 2.45) is 0 Å². The Bertz CT molecular complexity index is 501. The number of rotatable bonds is 3. The van der Waals surface area contributed by atoms with Crippen molar-refractivity contribution in [3.05, 3.63) is 34.4 Å². The molecule has 0 fully saturated rings. The molecule has 1 heterocycles. The number of carbonyl (C=O) groups is 1. The van der Waals surface area contributed by atoms with Crippen molar-refractivity contribution in [3.63, 3.8) is 0 Å². The highest BCUT2D eigenvalue weighted by Crippen LogP contribution is 2.24. The van der Waals surface area contributed by atoms with Gasteiger partial charge in [-0.25, -0.2) is 0 Å². The summed E-state index contributed by atoms with van der Waals surface area (Å²) in [4.78, 5) is 14.2. The molecule has 3 heteroatoms. The number of fused-ring (bicyclic) bond motifs is 1. The number of hydrogen-bond acceptors (Lipinski definition) is 1. The average Bonchev–Trinajstić information content (AvgIpc) is 2.59. The summed E-state index contributed by atoms with van der Waals surface area (Å²) in [5.74, 6) is 0.229. The molecular weight excluding hydrogens is 254 g/mol. The summed E-state index contributed by atoms with van der Waals surface area (Å²) in [6.45, 7) is 1.62. The van der Waals surface area contributed by atoms with E-state index in [-0.39, 0.29) is 5.78 Å². The second kappa shape index (κ2) is 4.19. The first-order valence-electron chi connectivity index (χ1n) is 4.92. The monoisotopic (exact) mass is 265 g/mol. The summed E-state index contributed by atoms with van der Waals surface area (Å²) in [6.07, 6.45) is 1.39. The minimum absolute atomic E-state index is 0.229. The van der Waals surface area contributed by atoms with Crippen LogP contribution in [0.15, 0.2) is 28.7 Å². The smallest absolute Gasteiger partial charge is 0.130 e. The third kappa shape index (κ3) is 2.29. The molecule has 1 aromatic carbocycles. The summed E-state index contributed by atoms with van der Waals surface area (Å²) >= 11 is 3.50. The largest absolute Gasteiger partial charge is 0.358 e. The maximum Gasteiger partial charge on any atom is 0.130 e. The molecule has 0 saturated heterocycles. The van der Waals surface area contributed by atoms with Crippen molar-refractivity contribution >= 4 is 32.6 Å². The van der Waals surface area contributed by atoms with Crippen LogP contribution in [0.25, 0.3) is 10.9 Å². The van der Waals surface area contributed by atoms with E-state index >= 15 is 0 Å². The van der Waals surface area contributed by atoms with Crippen LogP contribution in [0.1, 0.15) is 19.0 Å². The maximum atomic E-state index is 10.9. The number of halogens is 1. The van der Waals surface area contributed by atoms with Crippen LogP contribution in [0.5, 0.6) is 0 Å². The van der Waals surface area contributed by atoms with E-state index in [1.165, 1.54) is 5.39 Å². The second-order valence-corrected chi connectivity index (χ2v) is 4.55. The molecule has 1 aromatic heterocycles. The van der Waals surface area contributed by atoms with E-state index in [0.717, 1.165) is 22.1 Å². The number of aromatic nitrogens is 1. The third-order valence-corrected chi connectivity index (χ3v) is 3.10. The lowest BCUT2D eigenvalue weighted by molar-refractivity contribution is -0.116. The molecule has 0 bridgehead atoms. The van der Waals surface area contributed by atoms with E-state index in [1.54, 1.807) is 6.92 Å². The Kier molecular flexibility index (Phi) is 2.91. The Morgan fingerprint density at radius 3 is 2.93 bits per heavy atom. The molecule has 0 radical (unpaired) electrons. The first-order valence-corrected chi connectivity index (χ1v) is 5.71. The highest BCUT2D eigenvalue weighted by atomic mass is 79.9. The number of nitrogens with one attached hydrogen (secondary N) is 1. The second-order valence-electron chi connectivity index (χ2n) is 3.70. The van der Waals surface area contributed by atoms with Crippen LogP contribution in [-0.4, -0.2) is 10.8 Å². The molecule has 0 atom stereocenters. The van der Waals surface area contributed by atoms with Crippen molar-refractivity contribution in [2.45, 2.75) is 19.8 Å². The fourth-order valence-corrected chi connectivity index (χ4v) is 2.10. The molecule has 0 aliphatic heterocycles. The van der Waals surface area contributed by atoms with Crippen molar-refractivity contribution < 1.29 is 4.79 Å². The predicted molar refractivity (Wildman–Crippen MR) is 65.0 cm³/mol. The average molecular weight is 266 g/mol. The number of aryl methyl sites for hydroxylation is 1. The van der Waals surface area contributed by atoms with Gasteiger partial charge in [-0.3, -0.25) is 0 Å². The van der Waals surface area contributed by atoms with Crippen LogP contribution in [-0.2, 0) is 11.2 Å². The fraction of sp³-hybridized carbons (Fsp3) is 0.250. The van der Waals surface area contributed by atoms with Crippen LogP contribution >= 0.6 is 15.9 Å². The van der Waals surface area contributed by atoms with Gasteiger partial charge < -0.3 is 9.78 Å². The van der Waals surface area contributed by atoms with Gasteiger partial charge in [0.15, 0.2) is 0 Å². The fourth-order valence-electron chi connectivity index (χ4n) is 1.62. The van der Waals surface area contributed by atoms with E-state index in [4.69, 9.17) is 0 Å². The van der Waals surface area contributed by atoms with Crippen LogP contribution in [0.3, 0.4) is 0 Å². The van der Waals surface area contributed by atoms with Crippen molar-refractivity contribution in [2.75, 3.05) is 0 Å². The molecule has 0 aliphatic rings. The van der Waals surface area contributed by atoms with Gasteiger partial charge in [0.05, 0.1) is 0 Å². The van der Waals surface area contributed by atoms with Gasteiger partial charge in [-0.1, -0.05) is 22.0 Å². The van der Waals surface area contributed by atoms with Crippen LogP contribution in [0.4, 0.5) is 0 Å². The minimum Gasteiger partial charge on any atom is -0.358 e. The van der Waals surface area contributed by atoms with Crippen LogP contribution in [0.2, 0.25) is 0 Å². The number of aromatic amines is 1. The van der Waals surface area contributed by atoms with Gasteiger partial charge in [-0.15, -0.1) is 0 Å². The van der Waals surface area contributed by atoms with Gasteiger partial charge in [-0.05, 0) is 31.5 Å². The first kappa shape index (κ1) is 10.4. The molecule has 2 aromatic rings. The third-order valence-electron chi connectivity index (χ3n) is 2.41. The van der Waals surface area contributed by atoms with Crippen LogP contribution in [0, 0.1) is 0 Å². The predicted octanol–water partition coefficient (Wildman–Crippen LogP) is 3.45. The summed E-state index contributed by atoms with van der Waals surface area (Å²) in [6, 6.07) is 8.16. The number of H-pyrrole nitrogens is 1. The number of hydrogen-bond donors (Lipinski definition) is 1. The van der Waals surface area contributed by atoms with Gasteiger partial charge in [0.1, 0.15) is 5.78 Å². The number of benzene rings is 1. The highest BCUT2D eigenvalue weighted by molar-refractivity contribution is 9.10. The first-order chi connectivity index (χ1) is 7.16. The lowest BCUT2D eigenvalue weighted by Gasteiger charge is -1.92.